The Balaban J connectivity index is 0. The van der Waals surface area contributed by atoms with Crippen LogP contribution < -0.4 is 0 Å². The molecule has 0 radical (unpaired) electrons. The van der Waals surface area contributed by atoms with Gasteiger partial charge in [0.1, 0.15) is 0 Å². The molecule has 0 N–H and O–H groups in total. The van der Waals surface area contributed by atoms with Gasteiger partial charge in [0.05, 0.1) is 17.0 Å². The molecular formula is C9H22FeP+. The Kier molecular flexibility index (Phi) is 8.50. The molecule has 0 nitrogen and oxygen atoms in total. The molecule has 0 aromatic rings. The third-order valence-electron chi connectivity index (χ3n) is 2.00. The molecule has 0 aromatic heterocycles. The second-order valence-corrected chi connectivity index (χ2v) is 8.43. The first-order chi connectivity index (χ1) is 4.46. The maximum Gasteiger partial charge on any atom is 0.0624 e. The molecule has 0 aliphatic rings. The van der Waals surface area contributed by atoms with E-state index in [9.17, 15) is 0 Å². The molecule has 0 rings (SSSR count). The van der Waals surface area contributed by atoms with Gasteiger partial charge in [-0.25, -0.2) is 0 Å². The Morgan fingerprint density at radius 2 is 0.818 bits per heavy atom. The van der Waals surface area contributed by atoms with Crippen molar-refractivity contribution in [2.75, 3.05) is 0 Å². The summed E-state index contributed by atoms with van der Waals surface area (Å²) in [5.41, 5.74) is 2.81. The van der Waals surface area contributed by atoms with Crippen molar-refractivity contribution in [3.8, 4) is 0 Å². The SMILES string of the molecule is CC(C)[PH+](C(C)C)C(C)C.[Fe]. The molecule has 0 bridgehead atoms. The van der Waals surface area contributed by atoms with E-state index in [4.69, 9.17) is 0 Å². The molecule has 0 saturated heterocycles. The third kappa shape index (κ3) is 5.23. The molecule has 11 heavy (non-hydrogen) atoms. The summed E-state index contributed by atoms with van der Waals surface area (Å²) in [5.74, 6) is 0. The first-order valence-electron chi connectivity index (χ1n) is 4.33. The van der Waals surface area contributed by atoms with E-state index in [0.29, 0.717) is 0 Å². The largest absolute Gasteiger partial charge is 0.0624 e. The Morgan fingerprint density at radius 3 is 0.818 bits per heavy atom. The van der Waals surface area contributed by atoms with Crippen molar-refractivity contribution in [3.63, 3.8) is 0 Å². The van der Waals surface area contributed by atoms with Crippen molar-refractivity contribution >= 4 is 7.92 Å². The van der Waals surface area contributed by atoms with Gasteiger partial charge >= 0.3 is 0 Å². The summed E-state index contributed by atoms with van der Waals surface area (Å²) in [6, 6.07) is 0. The molecular weight excluding hydrogens is 195 g/mol. The van der Waals surface area contributed by atoms with Crippen LogP contribution in [0.25, 0.3) is 0 Å². The molecule has 0 saturated carbocycles. The van der Waals surface area contributed by atoms with Crippen LogP contribution in [0.5, 0.6) is 0 Å². The quantitative estimate of drug-likeness (QED) is 0.501. The van der Waals surface area contributed by atoms with Crippen molar-refractivity contribution in [2.24, 2.45) is 0 Å². The number of hydrogen-bond donors (Lipinski definition) is 0. The molecule has 0 unspecified atom stereocenters. The first kappa shape index (κ1) is 14.5. The summed E-state index contributed by atoms with van der Waals surface area (Å²) in [4.78, 5) is 0. The Hall–Kier alpha value is 0.949. The molecule has 2 heteroatoms. The number of hydrogen-bond acceptors (Lipinski definition) is 0. The first-order valence-corrected chi connectivity index (χ1v) is 6.06. The van der Waals surface area contributed by atoms with E-state index >= 15 is 0 Å². The van der Waals surface area contributed by atoms with E-state index in [1.54, 1.807) is 0 Å². The zero-order valence-corrected chi connectivity index (χ0v) is 10.7. The fraction of sp³-hybridized carbons (Fsp3) is 1.00. The van der Waals surface area contributed by atoms with Crippen molar-refractivity contribution in [1.82, 2.24) is 0 Å². The normalized spacial score (nSPS) is 11.5. The topological polar surface area (TPSA) is 0 Å². The van der Waals surface area contributed by atoms with Crippen LogP contribution in [0, 0.1) is 0 Å². The van der Waals surface area contributed by atoms with Gasteiger partial charge in [0, 0.05) is 25.0 Å². The van der Waals surface area contributed by atoms with Gasteiger partial charge in [-0.15, -0.1) is 0 Å². The van der Waals surface area contributed by atoms with Crippen LogP contribution in [0.4, 0.5) is 0 Å². The fourth-order valence-electron chi connectivity index (χ4n) is 2.00. The van der Waals surface area contributed by atoms with Gasteiger partial charge in [-0.3, -0.25) is 0 Å². The van der Waals surface area contributed by atoms with Crippen molar-refractivity contribution < 1.29 is 17.1 Å². The molecule has 0 aliphatic heterocycles. The average Bonchev–Trinajstić information content (AvgIpc) is 1.59. The van der Waals surface area contributed by atoms with E-state index in [2.05, 4.69) is 41.5 Å². The zero-order chi connectivity index (χ0) is 8.31. The summed E-state index contributed by atoms with van der Waals surface area (Å²) in [6.07, 6.45) is 0. The van der Waals surface area contributed by atoms with Gasteiger partial charge in [-0.2, -0.15) is 0 Å². The van der Waals surface area contributed by atoms with Crippen LogP contribution in [-0.2, 0) is 17.1 Å². The average molecular weight is 217 g/mol. The Morgan fingerprint density at radius 1 is 0.636 bits per heavy atom. The minimum absolute atomic E-state index is 0. The van der Waals surface area contributed by atoms with E-state index in [0.717, 1.165) is 17.0 Å². The molecule has 0 atom stereocenters. The minimum atomic E-state index is -0.0957. The second kappa shape index (κ2) is 6.46. The predicted molar refractivity (Wildman–Crippen MR) is 53.7 cm³/mol. The van der Waals surface area contributed by atoms with Crippen LogP contribution in [0.2, 0.25) is 0 Å². The van der Waals surface area contributed by atoms with Crippen molar-refractivity contribution in [1.29, 1.82) is 0 Å². The maximum absolute atomic E-state index is 2.37. The predicted octanol–water partition coefficient (Wildman–Crippen LogP) is 3.42. The molecule has 0 amide bonds. The van der Waals surface area contributed by atoms with E-state index in [1.165, 1.54) is 0 Å². The standard InChI is InChI=1S/C9H21P.Fe/c1-7(2)10(8(3)4)9(5)6;/h7-9H,1-6H3;/p+1. The van der Waals surface area contributed by atoms with Gasteiger partial charge in [-0.1, -0.05) is 0 Å². The van der Waals surface area contributed by atoms with Gasteiger partial charge in [0.15, 0.2) is 0 Å². The molecule has 70 valence electrons. The van der Waals surface area contributed by atoms with Crippen LogP contribution in [0.15, 0.2) is 0 Å². The van der Waals surface area contributed by atoms with Crippen molar-refractivity contribution in [3.05, 3.63) is 0 Å². The summed E-state index contributed by atoms with van der Waals surface area (Å²) in [6.45, 7) is 14.2. The van der Waals surface area contributed by atoms with Crippen LogP contribution in [0.3, 0.4) is 0 Å². The van der Waals surface area contributed by atoms with E-state index in [1.807, 2.05) is 0 Å². The smallest absolute Gasteiger partial charge is 0.0287 e. The fourth-order valence-corrected chi connectivity index (χ4v) is 6.00. The van der Waals surface area contributed by atoms with Crippen LogP contribution in [0.1, 0.15) is 41.5 Å². The maximum atomic E-state index is 2.37. The van der Waals surface area contributed by atoms with Gasteiger partial charge in [0.2, 0.25) is 0 Å². The van der Waals surface area contributed by atoms with E-state index in [-0.39, 0.29) is 25.0 Å². The summed E-state index contributed by atoms with van der Waals surface area (Å²) in [7, 11) is -0.0957. The van der Waals surface area contributed by atoms with Gasteiger partial charge in [0.25, 0.3) is 0 Å². The minimum Gasteiger partial charge on any atom is -0.0287 e. The number of rotatable bonds is 3. The van der Waals surface area contributed by atoms with Gasteiger partial charge in [-0.05, 0) is 41.5 Å². The monoisotopic (exact) mass is 217 g/mol. The molecule has 0 aliphatic carbocycles. The van der Waals surface area contributed by atoms with Crippen LogP contribution >= 0.6 is 7.92 Å². The van der Waals surface area contributed by atoms with E-state index < -0.39 is 0 Å². The summed E-state index contributed by atoms with van der Waals surface area (Å²) in [5, 5.41) is 0. The summed E-state index contributed by atoms with van der Waals surface area (Å²) < 4.78 is 0. The molecule has 0 heterocycles. The van der Waals surface area contributed by atoms with Crippen LogP contribution in [-0.4, -0.2) is 17.0 Å². The van der Waals surface area contributed by atoms with Crippen molar-refractivity contribution in [2.45, 2.75) is 58.5 Å². The Bertz CT molecular complexity index is 70.5. The van der Waals surface area contributed by atoms with Gasteiger partial charge < -0.3 is 0 Å². The molecule has 0 aromatic carbocycles. The Labute approximate surface area is 83.8 Å². The molecule has 0 fully saturated rings. The third-order valence-corrected chi connectivity index (χ3v) is 6.00. The molecule has 0 spiro atoms. The second-order valence-electron chi connectivity index (χ2n) is 3.96. The summed E-state index contributed by atoms with van der Waals surface area (Å²) >= 11 is 0. The zero-order valence-electron chi connectivity index (χ0n) is 8.59.